The van der Waals surface area contributed by atoms with E-state index in [2.05, 4.69) is 26.1 Å². The Hall–Kier alpha value is -1.36. The number of rotatable bonds is 2. The van der Waals surface area contributed by atoms with Gasteiger partial charge in [0, 0.05) is 16.1 Å². The lowest BCUT2D eigenvalue weighted by Crippen LogP contribution is -2.04. The van der Waals surface area contributed by atoms with Crippen LogP contribution >= 0.6 is 15.9 Å². The molecule has 2 N–H and O–H groups in total. The first-order valence-electron chi connectivity index (χ1n) is 7.63. The molecule has 1 aromatic carbocycles. The molecule has 1 aliphatic carbocycles. The van der Waals surface area contributed by atoms with E-state index in [1.807, 2.05) is 18.2 Å². The molecular weight excluding hydrogens is 330 g/mol. The topological polar surface area (TPSA) is 64.9 Å². The standard InChI is InChI=1S/C16H20BrN3O/c17-14-9-8-12(18)10-13(14)16-19-15(20-21-16)11-6-4-2-1-3-5-7-11/h8-11H,1-7,18H2. The summed E-state index contributed by atoms with van der Waals surface area (Å²) in [4.78, 5) is 4.62. The van der Waals surface area contributed by atoms with Crippen molar-refractivity contribution in [3.63, 3.8) is 0 Å². The lowest BCUT2D eigenvalue weighted by Gasteiger charge is -2.15. The molecule has 112 valence electrons. The maximum Gasteiger partial charge on any atom is 0.259 e. The second-order valence-corrected chi connectivity index (χ2v) is 6.59. The molecule has 4 nitrogen and oxygen atoms in total. The molecule has 2 aromatic rings. The monoisotopic (exact) mass is 349 g/mol. The molecular formula is C16H20BrN3O. The SMILES string of the molecule is Nc1ccc(Br)c(-c2nc(C3CCCCCCC3)no2)c1. The van der Waals surface area contributed by atoms with Crippen LogP contribution in [0.3, 0.4) is 0 Å². The first kappa shape index (κ1) is 14.6. The Morgan fingerprint density at radius 2 is 1.81 bits per heavy atom. The summed E-state index contributed by atoms with van der Waals surface area (Å²) in [7, 11) is 0. The molecule has 0 saturated heterocycles. The summed E-state index contributed by atoms with van der Waals surface area (Å²) in [5.41, 5.74) is 7.40. The highest BCUT2D eigenvalue weighted by molar-refractivity contribution is 9.10. The molecule has 0 atom stereocenters. The number of nitrogens with zero attached hydrogens (tertiary/aromatic N) is 2. The first-order valence-corrected chi connectivity index (χ1v) is 8.42. The number of aromatic nitrogens is 2. The van der Waals surface area contributed by atoms with Crippen LogP contribution in [0.5, 0.6) is 0 Å². The molecule has 1 heterocycles. The molecule has 21 heavy (non-hydrogen) atoms. The van der Waals surface area contributed by atoms with E-state index in [1.165, 1.54) is 32.1 Å². The second-order valence-electron chi connectivity index (χ2n) is 5.74. The number of benzene rings is 1. The van der Waals surface area contributed by atoms with Crippen LogP contribution in [-0.2, 0) is 0 Å². The van der Waals surface area contributed by atoms with Crippen molar-refractivity contribution in [3.05, 3.63) is 28.5 Å². The maximum absolute atomic E-state index is 5.84. The van der Waals surface area contributed by atoms with Crippen molar-refractivity contribution in [1.29, 1.82) is 0 Å². The average molecular weight is 350 g/mol. The molecule has 0 spiro atoms. The molecule has 0 amide bonds. The number of hydrogen-bond acceptors (Lipinski definition) is 4. The summed E-state index contributed by atoms with van der Waals surface area (Å²) in [6.07, 6.45) is 8.85. The Kier molecular flexibility index (Phi) is 4.58. The predicted octanol–water partition coefficient (Wildman–Crippen LogP) is 4.91. The summed E-state index contributed by atoms with van der Waals surface area (Å²) in [5, 5.41) is 4.21. The zero-order valence-electron chi connectivity index (χ0n) is 12.0. The van der Waals surface area contributed by atoms with Gasteiger partial charge in [0.1, 0.15) is 0 Å². The third-order valence-corrected chi connectivity index (χ3v) is 4.82. The minimum atomic E-state index is 0.433. The Morgan fingerprint density at radius 3 is 2.57 bits per heavy atom. The zero-order valence-corrected chi connectivity index (χ0v) is 13.6. The quantitative estimate of drug-likeness (QED) is 0.782. The third-order valence-electron chi connectivity index (χ3n) is 4.13. The van der Waals surface area contributed by atoms with Crippen molar-refractivity contribution >= 4 is 21.6 Å². The molecule has 0 aliphatic heterocycles. The van der Waals surface area contributed by atoms with Crippen LogP contribution < -0.4 is 5.73 Å². The molecule has 0 radical (unpaired) electrons. The Labute approximate surface area is 133 Å². The average Bonchev–Trinajstić information content (AvgIpc) is 2.90. The van der Waals surface area contributed by atoms with Gasteiger partial charge in [-0.1, -0.05) is 37.3 Å². The van der Waals surface area contributed by atoms with Crippen molar-refractivity contribution in [1.82, 2.24) is 10.1 Å². The second kappa shape index (κ2) is 6.60. The number of nitrogens with two attached hydrogens (primary N) is 1. The van der Waals surface area contributed by atoms with E-state index in [1.54, 1.807) is 0 Å². The van der Waals surface area contributed by atoms with Gasteiger partial charge in [-0.3, -0.25) is 0 Å². The van der Waals surface area contributed by atoms with Crippen LogP contribution in [-0.4, -0.2) is 10.1 Å². The highest BCUT2D eigenvalue weighted by Crippen LogP contribution is 2.33. The van der Waals surface area contributed by atoms with Gasteiger partial charge in [-0.25, -0.2) is 0 Å². The van der Waals surface area contributed by atoms with Gasteiger partial charge in [-0.15, -0.1) is 0 Å². The fourth-order valence-electron chi connectivity index (χ4n) is 2.93. The van der Waals surface area contributed by atoms with E-state index < -0.39 is 0 Å². The highest BCUT2D eigenvalue weighted by Gasteiger charge is 2.20. The van der Waals surface area contributed by atoms with Crippen molar-refractivity contribution < 1.29 is 4.52 Å². The minimum Gasteiger partial charge on any atom is -0.399 e. The van der Waals surface area contributed by atoms with E-state index in [9.17, 15) is 0 Å². The summed E-state index contributed by atoms with van der Waals surface area (Å²) in [6.45, 7) is 0. The molecule has 1 aromatic heterocycles. The summed E-state index contributed by atoms with van der Waals surface area (Å²) in [6, 6.07) is 5.61. The van der Waals surface area contributed by atoms with Gasteiger partial charge in [-0.2, -0.15) is 4.98 Å². The normalized spacial score (nSPS) is 17.4. The van der Waals surface area contributed by atoms with Gasteiger partial charge >= 0.3 is 0 Å². The molecule has 5 heteroatoms. The minimum absolute atomic E-state index is 0.433. The van der Waals surface area contributed by atoms with Gasteiger partial charge in [0.2, 0.25) is 0 Å². The third kappa shape index (κ3) is 3.46. The number of nitrogen functional groups attached to an aromatic ring is 1. The predicted molar refractivity (Wildman–Crippen MR) is 86.9 cm³/mol. The van der Waals surface area contributed by atoms with Crippen molar-refractivity contribution in [3.8, 4) is 11.5 Å². The smallest absolute Gasteiger partial charge is 0.259 e. The molecule has 1 fully saturated rings. The van der Waals surface area contributed by atoms with Gasteiger partial charge in [0.05, 0.1) is 5.56 Å². The fourth-order valence-corrected chi connectivity index (χ4v) is 3.35. The molecule has 1 aliphatic rings. The summed E-state index contributed by atoms with van der Waals surface area (Å²) < 4.78 is 6.39. The molecule has 0 unspecified atom stereocenters. The Bertz CT molecular complexity index is 603. The Morgan fingerprint density at radius 1 is 1.10 bits per heavy atom. The van der Waals surface area contributed by atoms with E-state index >= 15 is 0 Å². The lowest BCUT2D eigenvalue weighted by atomic mass is 9.91. The van der Waals surface area contributed by atoms with Crippen LogP contribution in [0, 0.1) is 0 Å². The molecule has 1 saturated carbocycles. The van der Waals surface area contributed by atoms with E-state index in [0.717, 1.165) is 28.7 Å². The van der Waals surface area contributed by atoms with Crippen molar-refractivity contribution in [2.45, 2.75) is 50.9 Å². The molecule has 0 bridgehead atoms. The maximum atomic E-state index is 5.84. The van der Waals surface area contributed by atoms with Crippen molar-refractivity contribution in [2.75, 3.05) is 5.73 Å². The van der Waals surface area contributed by atoms with Gasteiger partial charge in [0.15, 0.2) is 5.82 Å². The van der Waals surface area contributed by atoms with E-state index in [-0.39, 0.29) is 0 Å². The fraction of sp³-hybridized carbons (Fsp3) is 0.500. The van der Waals surface area contributed by atoms with Crippen LogP contribution in [0.4, 0.5) is 5.69 Å². The zero-order chi connectivity index (χ0) is 14.7. The summed E-state index contributed by atoms with van der Waals surface area (Å²) in [5.74, 6) is 1.83. The Balaban J connectivity index is 1.83. The van der Waals surface area contributed by atoms with E-state index in [0.29, 0.717) is 17.5 Å². The number of halogens is 1. The van der Waals surface area contributed by atoms with E-state index in [4.69, 9.17) is 10.3 Å². The van der Waals surface area contributed by atoms with Gasteiger partial charge in [-0.05, 0) is 47.0 Å². The van der Waals surface area contributed by atoms with Gasteiger partial charge in [0.25, 0.3) is 5.89 Å². The van der Waals surface area contributed by atoms with Crippen molar-refractivity contribution in [2.24, 2.45) is 0 Å². The van der Waals surface area contributed by atoms with Crippen LogP contribution in [0.2, 0.25) is 0 Å². The van der Waals surface area contributed by atoms with Crippen LogP contribution in [0.1, 0.15) is 56.7 Å². The first-order chi connectivity index (χ1) is 10.2. The highest BCUT2D eigenvalue weighted by atomic mass is 79.9. The van der Waals surface area contributed by atoms with Gasteiger partial charge < -0.3 is 10.3 Å². The number of anilines is 1. The lowest BCUT2D eigenvalue weighted by molar-refractivity contribution is 0.393. The molecule has 3 rings (SSSR count). The van der Waals surface area contributed by atoms with Crippen LogP contribution in [0.25, 0.3) is 11.5 Å². The largest absolute Gasteiger partial charge is 0.399 e. The number of hydrogen-bond donors (Lipinski definition) is 1. The van der Waals surface area contributed by atoms with Crippen LogP contribution in [0.15, 0.2) is 27.2 Å². The summed E-state index contributed by atoms with van der Waals surface area (Å²) >= 11 is 3.51.